The van der Waals surface area contributed by atoms with Crippen LogP contribution in [0, 0.1) is 0 Å². The third-order valence-corrected chi connectivity index (χ3v) is 2.48. The molecule has 1 fully saturated rings. The minimum atomic E-state index is 0.227. The van der Waals surface area contributed by atoms with Gasteiger partial charge < -0.3 is 9.50 Å². The zero-order chi connectivity index (χ0) is 6.04. The first-order valence-electron chi connectivity index (χ1n) is 2.70. The Morgan fingerprint density at radius 3 is 2.75 bits per heavy atom. The minimum absolute atomic E-state index is 0.227. The molecule has 0 radical (unpaired) electrons. The van der Waals surface area contributed by atoms with E-state index in [0.29, 0.717) is 0 Å². The molecule has 8 heavy (non-hydrogen) atoms. The highest BCUT2D eigenvalue weighted by Crippen LogP contribution is 2.23. The Hall–Kier alpha value is 0.270. The number of hydrogen-bond acceptors (Lipinski definition) is 3. The van der Waals surface area contributed by atoms with Crippen LogP contribution < -0.4 is 5.32 Å². The Labute approximate surface area is 54.2 Å². The Morgan fingerprint density at radius 1 is 1.75 bits per heavy atom. The molecule has 0 aromatic heterocycles. The fraction of sp³-hybridized carbons (Fsp3) is 1.00. The number of hydrogen-bond donors (Lipinski definition) is 1. The summed E-state index contributed by atoms with van der Waals surface area (Å²) in [7, 11) is 1.97. The molecule has 0 spiro atoms. The minimum Gasteiger partial charge on any atom is -0.313 e. The van der Waals surface area contributed by atoms with Gasteiger partial charge >= 0.3 is 0 Å². The highest BCUT2D eigenvalue weighted by molar-refractivity contribution is 7.94. The highest BCUT2D eigenvalue weighted by Gasteiger charge is 2.28. The van der Waals surface area contributed by atoms with E-state index in [1.807, 2.05) is 7.05 Å². The van der Waals surface area contributed by atoms with Crippen molar-refractivity contribution in [2.75, 3.05) is 19.4 Å². The summed E-state index contributed by atoms with van der Waals surface area (Å²) in [5.41, 5.74) is 0.227. The molecule has 1 aliphatic rings. The summed E-state index contributed by atoms with van der Waals surface area (Å²) < 4.78 is 5.11. The second-order valence-electron chi connectivity index (χ2n) is 2.34. The molecule has 0 aliphatic carbocycles. The Morgan fingerprint density at radius 2 is 2.50 bits per heavy atom. The molecule has 48 valence electrons. The van der Waals surface area contributed by atoms with Crippen molar-refractivity contribution in [2.24, 2.45) is 0 Å². The molecule has 0 aromatic rings. The third kappa shape index (κ3) is 1.16. The quantitative estimate of drug-likeness (QED) is 0.530. The molecule has 3 heteroatoms. The second-order valence-corrected chi connectivity index (χ2v) is 3.10. The van der Waals surface area contributed by atoms with Gasteiger partial charge in [-0.2, -0.15) is 0 Å². The summed E-state index contributed by atoms with van der Waals surface area (Å²) in [6, 6.07) is 0. The fourth-order valence-corrected chi connectivity index (χ4v) is 1.44. The van der Waals surface area contributed by atoms with Gasteiger partial charge in [-0.05, 0) is 26.0 Å². The lowest BCUT2D eigenvalue weighted by atomic mass is 10.1. The molecule has 1 saturated heterocycles. The van der Waals surface area contributed by atoms with Crippen LogP contribution in [0.5, 0.6) is 0 Å². The predicted octanol–water partition coefficient (Wildman–Crippen LogP) is 0.643. The van der Waals surface area contributed by atoms with Crippen molar-refractivity contribution in [1.29, 1.82) is 0 Å². The van der Waals surface area contributed by atoms with Crippen molar-refractivity contribution < 1.29 is 4.18 Å². The summed E-state index contributed by atoms with van der Waals surface area (Å²) in [6.45, 7) is 2.99. The normalized spacial score (nSPS) is 38.2. The van der Waals surface area contributed by atoms with Gasteiger partial charge in [-0.1, -0.05) is 0 Å². The van der Waals surface area contributed by atoms with Gasteiger partial charge in [0.25, 0.3) is 0 Å². The molecule has 0 amide bonds. The van der Waals surface area contributed by atoms with Gasteiger partial charge in [0, 0.05) is 5.75 Å². The topological polar surface area (TPSA) is 21.3 Å². The van der Waals surface area contributed by atoms with E-state index in [1.165, 1.54) is 0 Å². The van der Waals surface area contributed by atoms with Gasteiger partial charge in [-0.25, -0.2) is 0 Å². The van der Waals surface area contributed by atoms with E-state index in [0.717, 1.165) is 12.4 Å². The molecular weight excluding hydrogens is 122 g/mol. The number of rotatable bonds is 1. The first-order valence-corrected chi connectivity index (χ1v) is 3.61. The van der Waals surface area contributed by atoms with Gasteiger partial charge in [0.05, 0.1) is 12.1 Å². The van der Waals surface area contributed by atoms with E-state index < -0.39 is 0 Å². The van der Waals surface area contributed by atoms with Gasteiger partial charge in [-0.15, -0.1) is 0 Å². The molecule has 1 aliphatic heterocycles. The van der Waals surface area contributed by atoms with Crippen molar-refractivity contribution in [3.8, 4) is 0 Å². The first-order chi connectivity index (χ1) is 3.77. The van der Waals surface area contributed by atoms with Crippen LogP contribution in [0.4, 0.5) is 0 Å². The van der Waals surface area contributed by atoms with E-state index in [2.05, 4.69) is 12.2 Å². The zero-order valence-electron chi connectivity index (χ0n) is 5.23. The van der Waals surface area contributed by atoms with Crippen LogP contribution in [0.1, 0.15) is 6.92 Å². The molecule has 1 unspecified atom stereocenters. The van der Waals surface area contributed by atoms with E-state index in [1.54, 1.807) is 12.0 Å². The predicted molar refractivity (Wildman–Crippen MR) is 35.9 cm³/mol. The van der Waals surface area contributed by atoms with Crippen LogP contribution in [-0.2, 0) is 4.18 Å². The van der Waals surface area contributed by atoms with Crippen LogP contribution in [0.2, 0.25) is 0 Å². The molecule has 0 saturated carbocycles. The molecule has 1 heterocycles. The number of nitrogens with one attached hydrogen (secondary N) is 1. The highest BCUT2D eigenvalue weighted by atomic mass is 32.2. The van der Waals surface area contributed by atoms with Crippen molar-refractivity contribution in [3.05, 3.63) is 0 Å². The maximum Gasteiger partial charge on any atom is 0.0801 e. The summed E-state index contributed by atoms with van der Waals surface area (Å²) in [4.78, 5) is 0. The first kappa shape index (κ1) is 6.39. The zero-order valence-corrected chi connectivity index (χ0v) is 6.05. The van der Waals surface area contributed by atoms with Gasteiger partial charge in [0.2, 0.25) is 0 Å². The number of likely N-dealkylation sites (N-methyl/N-ethyl adjacent to an activating group) is 1. The Bertz CT molecular complexity index is 80.5. The van der Waals surface area contributed by atoms with Crippen LogP contribution in [0.25, 0.3) is 0 Å². The lowest BCUT2D eigenvalue weighted by molar-refractivity contribution is 0.287. The maximum absolute atomic E-state index is 5.11. The molecule has 1 atom stereocenters. The van der Waals surface area contributed by atoms with Crippen molar-refractivity contribution in [3.63, 3.8) is 0 Å². The van der Waals surface area contributed by atoms with Gasteiger partial charge in [-0.3, -0.25) is 0 Å². The van der Waals surface area contributed by atoms with Crippen molar-refractivity contribution >= 4 is 12.0 Å². The molecule has 0 bridgehead atoms. The summed E-state index contributed by atoms with van der Waals surface area (Å²) in [5.74, 6) is 1.06. The standard InChI is InChI=1S/C5H11NOS/c1-5(6-2)3-7-8-4-5/h6H,3-4H2,1-2H3. The van der Waals surface area contributed by atoms with E-state index >= 15 is 0 Å². The van der Waals surface area contributed by atoms with Gasteiger partial charge in [0.15, 0.2) is 0 Å². The molecule has 1 N–H and O–H groups in total. The summed E-state index contributed by atoms with van der Waals surface area (Å²) in [6.07, 6.45) is 0. The average Bonchev–Trinajstić information content (AvgIpc) is 2.17. The monoisotopic (exact) mass is 133 g/mol. The second kappa shape index (κ2) is 2.25. The van der Waals surface area contributed by atoms with Gasteiger partial charge in [0.1, 0.15) is 0 Å². The van der Waals surface area contributed by atoms with Crippen LogP contribution >= 0.6 is 12.0 Å². The van der Waals surface area contributed by atoms with Crippen LogP contribution in [0.15, 0.2) is 0 Å². The molecule has 0 aromatic carbocycles. The van der Waals surface area contributed by atoms with Crippen molar-refractivity contribution in [1.82, 2.24) is 5.32 Å². The molecular formula is C5H11NOS. The lowest BCUT2D eigenvalue weighted by Gasteiger charge is -2.18. The Balaban J connectivity index is 2.40. The SMILES string of the molecule is CNC1(C)COSC1. The maximum atomic E-state index is 5.11. The van der Waals surface area contributed by atoms with Crippen LogP contribution in [-0.4, -0.2) is 24.9 Å². The molecule has 2 nitrogen and oxygen atoms in total. The average molecular weight is 133 g/mol. The van der Waals surface area contributed by atoms with E-state index in [4.69, 9.17) is 4.18 Å². The summed E-state index contributed by atoms with van der Waals surface area (Å²) >= 11 is 1.54. The molecule has 1 rings (SSSR count). The van der Waals surface area contributed by atoms with Crippen molar-refractivity contribution in [2.45, 2.75) is 12.5 Å². The van der Waals surface area contributed by atoms with E-state index in [-0.39, 0.29) is 5.54 Å². The van der Waals surface area contributed by atoms with Crippen LogP contribution in [0.3, 0.4) is 0 Å². The largest absolute Gasteiger partial charge is 0.313 e. The lowest BCUT2D eigenvalue weighted by Crippen LogP contribution is -2.42. The summed E-state index contributed by atoms with van der Waals surface area (Å²) in [5, 5.41) is 3.19. The van der Waals surface area contributed by atoms with E-state index in [9.17, 15) is 0 Å². The Kier molecular flexibility index (Phi) is 1.80. The smallest absolute Gasteiger partial charge is 0.0801 e. The fourth-order valence-electron chi connectivity index (χ4n) is 0.529. The third-order valence-electron chi connectivity index (χ3n) is 1.44.